The van der Waals surface area contributed by atoms with Crippen LogP contribution < -0.4 is 15.3 Å². The van der Waals surface area contributed by atoms with Gasteiger partial charge in [-0.25, -0.2) is 0 Å². The van der Waals surface area contributed by atoms with Crippen molar-refractivity contribution in [2.45, 2.75) is 0 Å². The highest BCUT2D eigenvalue weighted by Crippen LogP contribution is 2.23. The zero-order chi connectivity index (χ0) is 13.9. The van der Waals surface area contributed by atoms with Gasteiger partial charge in [-0.2, -0.15) is 5.10 Å². The summed E-state index contributed by atoms with van der Waals surface area (Å²) in [5, 5.41) is 8.60. The lowest BCUT2D eigenvalue weighted by atomic mass is 10.1. The van der Waals surface area contributed by atoms with Gasteiger partial charge in [0, 0.05) is 10.8 Å². The van der Waals surface area contributed by atoms with Gasteiger partial charge in [0.2, 0.25) is 0 Å². The topological polar surface area (TPSA) is 37.9 Å². The number of nitrogens with zero attached hydrogens (tertiary/aromatic N) is 1. The average molecular weight is 262 g/mol. The van der Waals surface area contributed by atoms with Gasteiger partial charge in [-0.15, -0.1) is 0 Å². The smallest absolute Gasteiger partial charge is 0.127 e. The maximum atomic E-state index is 5.75. The molecule has 3 aromatic rings. The van der Waals surface area contributed by atoms with Crippen LogP contribution in [0.2, 0.25) is 0 Å². The van der Waals surface area contributed by atoms with Gasteiger partial charge in [0.25, 0.3) is 0 Å². The predicted octanol–water partition coefficient (Wildman–Crippen LogP) is 2.69. The second-order valence-electron chi connectivity index (χ2n) is 4.47. The van der Waals surface area contributed by atoms with Crippen LogP contribution in [0.4, 0.5) is 0 Å². The zero-order valence-corrected chi connectivity index (χ0v) is 11.0. The van der Waals surface area contributed by atoms with E-state index in [0.29, 0.717) is 0 Å². The van der Waals surface area contributed by atoms with E-state index in [1.165, 1.54) is 0 Å². The molecule has 0 atom stereocenters. The van der Waals surface area contributed by atoms with Gasteiger partial charge >= 0.3 is 0 Å². The lowest BCUT2D eigenvalue weighted by Crippen LogP contribution is -2.19. The van der Waals surface area contributed by atoms with Crippen molar-refractivity contribution in [3.05, 3.63) is 65.2 Å². The molecule has 98 valence electrons. The Bertz CT molecular complexity index is 804. The molecule has 0 aliphatic heterocycles. The first-order valence-corrected chi connectivity index (χ1v) is 6.29. The molecule has 3 rings (SSSR count). The SMILES string of the molecule is C=c1[nH]nc(-c2ccc(Oc3ccccc3)cc2)c1=C. The first-order chi connectivity index (χ1) is 9.74. The molecule has 0 amide bonds. The van der Waals surface area contributed by atoms with E-state index in [9.17, 15) is 0 Å². The Labute approximate surface area is 116 Å². The fourth-order valence-corrected chi connectivity index (χ4v) is 1.95. The van der Waals surface area contributed by atoms with Crippen molar-refractivity contribution >= 4 is 13.2 Å². The molecule has 0 aliphatic carbocycles. The molecule has 0 spiro atoms. The van der Waals surface area contributed by atoms with E-state index in [1.807, 2.05) is 54.6 Å². The first-order valence-electron chi connectivity index (χ1n) is 6.29. The number of H-pyrrole nitrogens is 1. The van der Waals surface area contributed by atoms with Crippen molar-refractivity contribution in [2.75, 3.05) is 0 Å². The van der Waals surface area contributed by atoms with E-state index in [2.05, 4.69) is 23.4 Å². The van der Waals surface area contributed by atoms with E-state index < -0.39 is 0 Å². The molecule has 3 nitrogen and oxygen atoms in total. The second-order valence-corrected chi connectivity index (χ2v) is 4.47. The average Bonchev–Trinajstić information content (AvgIpc) is 2.81. The van der Waals surface area contributed by atoms with Gasteiger partial charge in [0.05, 0.1) is 11.0 Å². The molecular formula is C17H14N2O. The second kappa shape index (κ2) is 5.05. The van der Waals surface area contributed by atoms with E-state index >= 15 is 0 Å². The van der Waals surface area contributed by atoms with E-state index in [1.54, 1.807) is 0 Å². The number of aromatic nitrogens is 2. The molecule has 1 aromatic heterocycles. The molecule has 2 aromatic carbocycles. The van der Waals surface area contributed by atoms with Gasteiger partial charge in [0.15, 0.2) is 0 Å². The number of hydrogen-bond acceptors (Lipinski definition) is 2. The third-order valence-corrected chi connectivity index (χ3v) is 3.06. The van der Waals surface area contributed by atoms with Crippen molar-refractivity contribution in [3.63, 3.8) is 0 Å². The Morgan fingerprint density at radius 2 is 1.50 bits per heavy atom. The molecule has 1 heterocycles. The fourth-order valence-electron chi connectivity index (χ4n) is 1.95. The molecular weight excluding hydrogens is 248 g/mol. The Kier molecular flexibility index (Phi) is 3.09. The number of rotatable bonds is 3. The minimum absolute atomic E-state index is 0.740. The summed E-state index contributed by atoms with van der Waals surface area (Å²) in [5.41, 5.74) is 1.81. The number of hydrogen-bond donors (Lipinski definition) is 1. The predicted molar refractivity (Wildman–Crippen MR) is 80.8 cm³/mol. The van der Waals surface area contributed by atoms with Gasteiger partial charge < -0.3 is 4.74 Å². The van der Waals surface area contributed by atoms with E-state index in [-0.39, 0.29) is 0 Å². The quantitative estimate of drug-likeness (QED) is 0.788. The molecule has 3 heteroatoms. The summed E-state index contributed by atoms with van der Waals surface area (Å²) < 4.78 is 5.75. The summed E-state index contributed by atoms with van der Waals surface area (Å²) in [7, 11) is 0. The van der Waals surface area contributed by atoms with Gasteiger partial charge in [-0.05, 0) is 36.4 Å². The van der Waals surface area contributed by atoms with Gasteiger partial charge in [-0.1, -0.05) is 31.4 Å². The highest BCUT2D eigenvalue weighted by Gasteiger charge is 2.03. The summed E-state index contributed by atoms with van der Waals surface area (Å²) in [5.74, 6) is 1.61. The maximum Gasteiger partial charge on any atom is 0.127 e. The zero-order valence-electron chi connectivity index (χ0n) is 11.0. The Hall–Kier alpha value is -2.81. The van der Waals surface area contributed by atoms with Crippen molar-refractivity contribution in [1.29, 1.82) is 0 Å². The van der Waals surface area contributed by atoms with Crippen LogP contribution in [0.1, 0.15) is 0 Å². The lowest BCUT2D eigenvalue weighted by Gasteiger charge is -2.05. The number of nitrogens with one attached hydrogen (secondary N) is 1. The normalized spacial score (nSPS) is 10.4. The lowest BCUT2D eigenvalue weighted by molar-refractivity contribution is 0.483. The Balaban J connectivity index is 1.87. The largest absolute Gasteiger partial charge is 0.457 e. The van der Waals surface area contributed by atoms with Crippen molar-refractivity contribution in [1.82, 2.24) is 10.2 Å². The minimum Gasteiger partial charge on any atom is -0.457 e. The number of para-hydroxylation sites is 1. The van der Waals surface area contributed by atoms with Crippen LogP contribution in [-0.2, 0) is 0 Å². The van der Waals surface area contributed by atoms with Crippen LogP contribution >= 0.6 is 0 Å². The number of ether oxygens (including phenoxy) is 1. The summed E-state index contributed by atoms with van der Waals surface area (Å²) >= 11 is 0. The standard InChI is InChI=1S/C17H14N2O/c1-12-13(2)18-19-17(12)14-8-10-16(11-9-14)20-15-6-4-3-5-7-15/h3-11,18H,1-2H2. The number of benzene rings is 2. The molecule has 0 saturated heterocycles. The minimum atomic E-state index is 0.740. The highest BCUT2D eigenvalue weighted by atomic mass is 16.5. The highest BCUT2D eigenvalue weighted by molar-refractivity contribution is 5.60. The first kappa shape index (κ1) is 12.2. The van der Waals surface area contributed by atoms with Crippen molar-refractivity contribution in [3.8, 4) is 22.8 Å². The summed E-state index contributed by atoms with van der Waals surface area (Å²) in [6.45, 7) is 7.79. The molecule has 0 aliphatic rings. The Morgan fingerprint density at radius 1 is 0.850 bits per heavy atom. The van der Waals surface area contributed by atoms with E-state index in [4.69, 9.17) is 4.74 Å². The van der Waals surface area contributed by atoms with Crippen LogP contribution in [0.5, 0.6) is 11.5 Å². The summed E-state index contributed by atoms with van der Waals surface area (Å²) in [6.07, 6.45) is 0. The molecule has 0 fully saturated rings. The van der Waals surface area contributed by atoms with Crippen molar-refractivity contribution < 1.29 is 4.74 Å². The molecule has 0 radical (unpaired) electrons. The summed E-state index contributed by atoms with van der Waals surface area (Å²) in [4.78, 5) is 0. The van der Waals surface area contributed by atoms with Crippen molar-refractivity contribution in [2.24, 2.45) is 0 Å². The van der Waals surface area contributed by atoms with Crippen LogP contribution in [0.3, 0.4) is 0 Å². The van der Waals surface area contributed by atoms with Crippen LogP contribution in [0, 0.1) is 0 Å². The number of aromatic amines is 1. The monoisotopic (exact) mass is 262 g/mol. The molecule has 0 saturated carbocycles. The molecule has 1 N–H and O–H groups in total. The molecule has 20 heavy (non-hydrogen) atoms. The third kappa shape index (κ3) is 2.34. The fraction of sp³-hybridized carbons (Fsp3) is 0. The van der Waals surface area contributed by atoms with Crippen LogP contribution in [0.15, 0.2) is 54.6 Å². The Morgan fingerprint density at radius 3 is 2.10 bits per heavy atom. The molecule has 0 bridgehead atoms. The van der Waals surface area contributed by atoms with Gasteiger partial charge in [-0.3, -0.25) is 5.10 Å². The summed E-state index contributed by atoms with van der Waals surface area (Å²) in [6, 6.07) is 17.4. The molecule has 0 unspecified atom stereocenters. The third-order valence-electron chi connectivity index (χ3n) is 3.06. The maximum absolute atomic E-state index is 5.75. The van der Waals surface area contributed by atoms with Crippen LogP contribution in [-0.4, -0.2) is 10.2 Å². The van der Waals surface area contributed by atoms with Gasteiger partial charge in [0.1, 0.15) is 11.5 Å². The van der Waals surface area contributed by atoms with Crippen LogP contribution in [0.25, 0.3) is 24.4 Å². The van der Waals surface area contributed by atoms with E-state index in [0.717, 1.165) is 33.3 Å².